The van der Waals surface area contributed by atoms with Crippen LogP contribution in [-0.4, -0.2) is 79.5 Å². The Hall–Kier alpha value is -1.28. The molecule has 2 atom stereocenters. The first-order valence-corrected chi connectivity index (χ1v) is 8.70. The maximum Gasteiger partial charge on any atom is 0.251 e. The van der Waals surface area contributed by atoms with Crippen molar-refractivity contribution in [2.75, 3.05) is 45.9 Å². The Labute approximate surface area is 140 Å². The van der Waals surface area contributed by atoms with Crippen molar-refractivity contribution >= 4 is 11.8 Å². The smallest absolute Gasteiger partial charge is 0.251 e. The largest absolute Gasteiger partial charge is 0.365 e. The van der Waals surface area contributed by atoms with E-state index in [1.54, 1.807) is 4.90 Å². The molecule has 2 amide bonds. The van der Waals surface area contributed by atoms with Gasteiger partial charge in [0.05, 0.1) is 12.0 Å². The first-order valence-electron chi connectivity index (χ1n) is 8.70. The van der Waals surface area contributed by atoms with Crippen molar-refractivity contribution in [2.24, 2.45) is 5.92 Å². The number of nitrogens with one attached hydrogen (secondary N) is 1. The summed E-state index contributed by atoms with van der Waals surface area (Å²) in [6, 6.07) is 0. The monoisotopic (exact) mass is 345 g/mol. The van der Waals surface area contributed by atoms with Crippen molar-refractivity contribution in [3.8, 4) is 0 Å². The van der Waals surface area contributed by atoms with Crippen LogP contribution in [0.4, 0.5) is 8.78 Å². The molecule has 1 N–H and O–H groups in total. The molecule has 3 fully saturated rings. The Morgan fingerprint density at radius 1 is 1.29 bits per heavy atom. The van der Waals surface area contributed by atoms with Crippen molar-refractivity contribution in [1.29, 1.82) is 0 Å². The van der Waals surface area contributed by atoms with Gasteiger partial charge in [-0.1, -0.05) is 0 Å². The number of amides is 2. The van der Waals surface area contributed by atoms with Crippen LogP contribution in [0.15, 0.2) is 0 Å². The number of likely N-dealkylation sites (tertiary alicyclic amines) is 2. The van der Waals surface area contributed by atoms with Crippen molar-refractivity contribution in [3.63, 3.8) is 0 Å². The summed E-state index contributed by atoms with van der Waals surface area (Å²) in [6.07, 6.45) is 1.21. The van der Waals surface area contributed by atoms with Crippen LogP contribution in [-0.2, 0) is 14.3 Å². The first-order chi connectivity index (χ1) is 11.4. The van der Waals surface area contributed by atoms with Crippen LogP contribution in [0, 0.1) is 5.92 Å². The minimum atomic E-state index is -2.63. The highest BCUT2D eigenvalue weighted by Crippen LogP contribution is 2.29. The van der Waals surface area contributed by atoms with Crippen molar-refractivity contribution in [3.05, 3.63) is 0 Å². The lowest BCUT2D eigenvalue weighted by atomic mass is 9.95. The molecule has 0 aromatic heterocycles. The fourth-order valence-corrected chi connectivity index (χ4v) is 3.67. The molecule has 3 aliphatic heterocycles. The van der Waals surface area contributed by atoms with Gasteiger partial charge in [0.1, 0.15) is 6.61 Å². The lowest BCUT2D eigenvalue weighted by Gasteiger charge is -2.39. The van der Waals surface area contributed by atoms with Crippen LogP contribution in [0.3, 0.4) is 0 Å². The van der Waals surface area contributed by atoms with Crippen molar-refractivity contribution < 1.29 is 23.1 Å². The molecule has 136 valence electrons. The predicted octanol–water partition coefficient (Wildman–Crippen LogP) is 0.471. The number of nitrogens with zero attached hydrogens (tertiary/aromatic N) is 2. The molecule has 0 saturated carbocycles. The molecule has 0 aliphatic carbocycles. The quantitative estimate of drug-likeness (QED) is 0.808. The molecule has 0 aromatic rings. The summed E-state index contributed by atoms with van der Waals surface area (Å²) >= 11 is 0. The van der Waals surface area contributed by atoms with E-state index in [0.717, 1.165) is 19.4 Å². The van der Waals surface area contributed by atoms with E-state index in [9.17, 15) is 18.4 Å². The second-order valence-corrected chi connectivity index (χ2v) is 7.02. The van der Waals surface area contributed by atoms with E-state index in [4.69, 9.17) is 4.74 Å². The zero-order valence-electron chi connectivity index (χ0n) is 13.8. The number of ether oxygens (including phenoxy) is 1. The predicted molar refractivity (Wildman–Crippen MR) is 82.7 cm³/mol. The molecule has 0 aromatic carbocycles. The Bertz CT molecular complexity index is 469. The number of morpholine rings is 1. The second kappa shape index (κ2) is 7.31. The normalized spacial score (nSPS) is 31.6. The van der Waals surface area contributed by atoms with E-state index in [1.165, 1.54) is 0 Å². The molecular weight excluding hydrogens is 320 g/mol. The van der Waals surface area contributed by atoms with Crippen LogP contribution in [0.1, 0.15) is 25.7 Å². The highest BCUT2D eigenvalue weighted by Gasteiger charge is 2.38. The second-order valence-electron chi connectivity index (χ2n) is 7.02. The zero-order chi connectivity index (χ0) is 17.2. The van der Waals surface area contributed by atoms with E-state index in [2.05, 4.69) is 10.2 Å². The van der Waals surface area contributed by atoms with E-state index >= 15 is 0 Å². The minimum Gasteiger partial charge on any atom is -0.365 e. The van der Waals surface area contributed by atoms with Gasteiger partial charge in [-0.05, 0) is 19.4 Å². The number of piperidine rings is 2. The zero-order valence-corrected chi connectivity index (χ0v) is 13.8. The third-order valence-corrected chi connectivity index (χ3v) is 5.10. The molecule has 3 heterocycles. The Morgan fingerprint density at radius 3 is 2.71 bits per heavy atom. The number of hydrogen-bond acceptors (Lipinski definition) is 4. The summed E-state index contributed by atoms with van der Waals surface area (Å²) in [5.41, 5.74) is 0. The highest BCUT2D eigenvalue weighted by atomic mass is 19.3. The Balaban J connectivity index is 1.48. The molecule has 3 aliphatic rings. The van der Waals surface area contributed by atoms with E-state index in [-0.39, 0.29) is 56.4 Å². The number of carbonyl (C=O) groups excluding carboxylic acids is 2. The lowest BCUT2D eigenvalue weighted by Crippen LogP contribution is -2.52. The molecule has 3 saturated heterocycles. The van der Waals surface area contributed by atoms with Crippen LogP contribution in [0.5, 0.6) is 0 Å². The van der Waals surface area contributed by atoms with E-state index < -0.39 is 5.92 Å². The summed E-state index contributed by atoms with van der Waals surface area (Å²) < 4.78 is 32.0. The molecule has 0 spiro atoms. The summed E-state index contributed by atoms with van der Waals surface area (Å²) in [7, 11) is 0. The minimum absolute atomic E-state index is 0.00747. The van der Waals surface area contributed by atoms with E-state index in [0.29, 0.717) is 19.6 Å². The van der Waals surface area contributed by atoms with Gasteiger partial charge < -0.3 is 15.0 Å². The number of alkyl halides is 2. The van der Waals surface area contributed by atoms with Gasteiger partial charge in [-0.25, -0.2) is 8.78 Å². The van der Waals surface area contributed by atoms with Crippen LogP contribution >= 0.6 is 0 Å². The molecule has 2 unspecified atom stereocenters. The van der Waals surface area contributed by atoms with Crippen molar-refractivity contribution in [1.82, 2.24) is 15.1 Å². The Morgan fingerprint density at radius 2 is 2.04 bits per heavy atom. The van der Waals surface area contributed by atoms with Gasteiger partial charge >= 0.3 is 0 Å². The van der Waals surface area contributed by atoms with Crippen LogP contribution in [0.2, 0.25) is 0 Å². The van der Waals surface area contributed by atoms with Gasteiger partial charge in [0.25, 0.3) is 5.92 Å². The highest BCUT2D eigenvalue weighted by molar-refractivity contribution is 5.79. The van der Waals surface area contributed by atoms with Gasteiger partial charge in [-0.15, -0.1) is 0 Å². The molecule has 24 heavy (non-hydrogen) atoms. The lowest BCUT2D eigenvalue weighted by molar-refractivity contribution is -0.143. The average Bonchev–Trinajstić information content (AvgIpc) is 2.57. The number of hydrogen-bond donors (Lipinski definition) is 1. The van der Waals surface area contributed by atoms with Crippen LogP contribution in [0.25, 0.3) is 0 Å². The number of halogens is 2. The molecule has 6 nitrogen and oxygen atoms in total. The fraction of sp³-hybridized carbons (Fsp3) is 0.875. The molecular formula is C16H25F2N3O3. The van der Waals surface area contributed by atoms with Gasteiger partial charge in [-0.2, -0.15) is 0 Å². The summed E-state index contributed by atoms with van der Waals surface area (Å²) in [6.45, 7) is 3.11. The topological polar surface area (TPSA) is 61.9 Å². The van der Waals surface area contributed by atoms with Crippen molar-refractivity contribution in [2.45, 2.75) is 37.7 Å². The van der Waals surface area contributed by atoms with Gasteiger partial charge in [0, 0.05) is 45.6 Å². The molecule has 0 bridgehead atoms. The Kier molecular flexibility index (Phi) is 5.34. The van der Waals surface area contributed by atoms with Gasteiger partial charge in [0.2, 0.25) is 11.8 Å². The third kappa shape index (κ3) is 4.42. The van der Waals surface area contributed by atoms with E-state index in [1.807, 2.05) is 0 Å². The summed E-state index contributed by atoms with van der Waals surface area (Å²) in [4.78, 5) is 27.5. The maximum absolute atomic E-state index is 13.2. The number of rotatable bonds is 3. The molecule has 8 heteroatoms. The summed E-state index contributed by atoms with van der Waals surface area (Å²) in [5.74, 6) is -2.84. The maximum atomic E-state index is 13.2. The molecule has 0 radical (unpaired) electrons. The fourth-order valence-electron chi connectivity index (χ4n) is 3.67. The summed E-state index contributed by atoms with van der Waals surface area (Å²) in [5, 5.41) is 2.78. The van der Waals surface area contributed by atoms with Gasteiger partial charge in [0.15, 0.2) is 0 Å². The standard InChI is InChI=1S/C16H25F2N3O3/c17-16(18)3-6-21(7-4-16)15(23)12-2-1-5-20(9-12)10-13-8-19-14(22)11-24-13/h12-13H,1-11H2,(H,19,22). The third-order valence-electron chi connectivity index (χ3n) is 5.10. The number of carbonyl (C=O) groups is 2. The van der Waals surface area contributed by atoms with Gasteiger partial charge in [-0.3, -0.25) is 14.5 Å². The average molecular weight is 345 g/mol. The SMILES string of the molecule is O=C1COC(CN2CCCC(C(=O)N3CCC(F)(F)CC3)C2)CN1. The first kappa shape index (κ1) is 17.5. The van der Waals surface area contributed by atoms with Crippen LogP contribution < -0.4 is 5.32 Å². The molecule has 3 rings (SSSR count).